The van der Waals surface area contributed by atoms with Crippen LogP contribution >= 0.6 is 0 Å². The number of nitrogens with zero attached hydrogens (tertiary/aromatic N) is 1. The van der Waals surface area contributed by atoms with Crippen molar-refractivity contribution in [2.75, 3.05) is 27.8 Å². The Kier molecular flexibility index (Phi) is 7.49. The van der Waals surface area contributed by atoms with Crippen molar-refractivity contribution >= 4 is 15.9 Å². The van der Waals surface area contributed by atoms with E-state index in [1.54, 1.807) is 0 Å². The first kappa shape index (κ1) is 23.7. The monoisotopic (exact) mass is 434 g/mol. The van der Waals surface area contributed by atoms with E-state index in [0.717, 1.165) is 21.0 Å². The van der Waals surface area contributed by atoms with Crippen molar-refractivity contribution in [2.24, 2.45) is 0 Å². The van der Waals surface area contributed by atoms with Gasteiger partial charge in [0.1, 0.15) is 0 Å². The van der Waals surface area contributed by atoms with E-state index in [1.807, 2.05) is 27.7 Å². The Hall–Kier alpha value is -2.58. The van der Waals surface area contributed by atoms with Gasteiger partial charge in [-0.15, -0.1) is 0 Å². The summed E-state index contributed by atoms with van der Waals surface area (Å²) in [6.45, 7) is 7.65. The summed E-state index contributed by atoms with van der Waals surface area (Å²) in [4.78, 5) is 12.6. The summed E-state index contributed by atoms with van der Waals surface area (Å²) in [6.07, 6.45) is 0. The molecule has 0 heterocycles. The van der Waals surface area contributed by atoms with Gasteiger partial charge in [-0.3, -0.25) is 4.79 Å². The maximum absolute atomic E-state index is 12.9. The van der Waals surface area contributed by atoms with Crippen molar-refractivity contribution in [3.8, 4) is 11.5 Å². The van der Waals surface area contributed by atoms with Gasteiger partial charge in [0, 0.05) is 13.1 Å². The molecule has 0 aliphatic heterocycles. The van der Waals surface area contributed by atoms with Crippen LogP contribution < -0.4 is 14.8 Å². The number of hydrogen-bond donors (Lipinski definition) is 1. The van der Waals surface area contributed by atoms with E-state index in [4.69, 9.17) is 9.47 Å². The largest absolute Gasteiger partial charge is 0.493 e. The summed E-state index contributed by atoms with van der Waals surface area (Å²) in [5.41, 5.74) is 4.43. The number of carbonyl (C=O) groups is 1. The number of sulfonamides is 1. The second kappa shape index (κ2) is 9.49. The van der Waals surface area contributed by atoms with Crippen LogP contribution in [0.15, 0.2) is 35.2 Å². The lowest BCUT2D eigenvalue weighted by Crippen LogP contribution is -2.39. The van der Waals surface area contributed by atoms with Crippen LogP contribution in [0.4, 0.5) is 0 Å². The van der Waals surface area contributed by atoms with E-state index < -0.39 is 10.0 Å². The fourth-order valence-corrected chi connectivity index (χ4v) is 4.40. The molecular weight excluding hydrogens is 404 g/mol. The predicted molar refractivity (Wildman–Crippen MR) is 117 cm³/mol. The Bertz CT molecular complexity index is 1030. The molecule has 1 atom stereocenters. The summed E-state index contributed by atoms with van der Waals surface area (Å²) in [5.74, 6) is 0.344. The van der Waals surface area contributed by atoms with Gasteiger partial charge >= 0.3 is 0 Å². The number of benzene rings is 2. The Morgan fingerprint density at radius 3 is 2.20 bits per heavy atom. The van der Waals surface area contributed by atoms with Gasteiger partial charge < -0.3 is 14.8 Å². The van der Waals surface area contributed by atoms with Gasteiger partial charge in [-0.2, -0.15) is 4.31 Å². The quantitative estimate of drug-likeness (QED) is 0.690. The molecule has 7 nitrogen and oxygen atoms in total. The minimum Gasteiger partial charge on any atom is -0.493 e. The average molecular weight is 435 g/mol. The molecule has 2 rings (SSSR count). The summed E-state index contributed by atoms with van der Waals surface area (Å²) >= 11 is 0. The van der Waals surface area contributed by atoms with Crippen molar-refractivity contribution < 1.29 is 22.7 Å². The minimum atomic E-state index is -3.88. The second-order valence-corrected chi connectivity index (χ2v) is 9.41. The number of ether oxygens (including phenoxy) is 2. The third-order valence-corrected chi connectivity index (χ3v) is 6.96. The van der Waals surface area contributed by atoms with Crippen molar-refractivity contribution in [1.29, 1.82) is 0 Å². The van der Waals surface area contributed by atoms with Crippen LogP contribution in [0.5, 0.6) is 11.5 Å². The molecule has 0 spiro atoms. The summed E-state index contributed by atoms with van der Waals surface area (Å²) < 4.78 is 37.1. The van der Waals surface area contributed by atoms with Crippen molar-refractivity contribution in [3.05, 3.63) is 52.6 Å². The molecule has 0 aromatic heterocycles. The highest BCUT2D eigenvalue weighted by atomic mass is 32.2. The fraction of sp³-hybridized carbons (Fsp3) is 0.409. The minimum absolute atomic E-state index is 0.0218. The van der Waals surface area contributed by atoms with Crippen molar-refractivity contribution in [2.45, 2.75) is 38.6 Å². The Morgan fingerprint density at radius 2 is 1.60 bits per heavy atom. The molecule has 0 unspecified atom stereocenters. The molecule has 0 radical (unpaired) electrons. The summed E-state index contributed by atoms with van der Waals surface area (Å²) in [6, 6.07) is 8.22. The molecule has 2 aromatic rings. The zero-order valence-corrected chi connectivity index (χ0v) is 19.4. The molecule has 0 saturated carbocycles. The molecule has 30 heavy (non-hydrogen) atoms. The summed E-state index contributed by atoms with van der Waals surface area (Å²) in [5, 5.41) is 2.89. The van der Waals surface area contributed by atoms with Crippen molar-refractivity contribution in [1.82, 2.24) is 9.62 Å². The maximum Gasteiger partial charge on any atom is 0.243 e. The highest BCUT2D eigenvalue weighted by Gasteiger charge is 2.25. The topological polar surface area (TPSA) is 84.9 Å². The zero-order valence-electron chi connectivity index (χ0n) is 18.6. The fourth-order valence-electron chi connectivity index (χ4n) is 3.26. The molecule has 0 saturated heterocycles. The van der Waals surface area contributed by atoms with Gasteiger partial charge in [0.15, 0.2) is 11.5 Å². The molecule has 0 aliphatic carbocycles. The zero-order chi connectivity index (χ0) is 22.6. The van der Waals surface area contributed by atoms with Gasteiger partial charge in [-0.25, -0.2) is 8.42 Å². The van der Waals surface area contributed by atoms with Gasteiger partial charge in [0.2, 0.25) is 15.9 Å². The number of amides is 1. The first-order chi connectivity index (χ1) is 14.0. The standard InChI is InChI=1S/C22H30N2O5S/c1-14-10-16(3)19(11-15(14)2)17(4)23-22(25)13-24(5)30(26,27)18-8-9-20(28-6)21(12-18)29-7/h8-12,17H,13H2,1-7H3,(H,23,25)/t17-/m1/s1. The SMILES string of the molecule is COc1ccc(S(=O)(=O)N(C)CC(=O)N[C@H](C)c2cc(C)c(C)cc2C)cc1OC. The van der Waals surface area contributed by atoms with E-state index in [2.05, 4.69) is 17.4 Å². The van der Waals surface area contributed by atoms with E-state index in [-0.39, 0.29) is 23.4 Å². The first-order valence-electron chi connectivity index (χ1n) is 9.56. The van der Waals surface area contributed by atoms with Crippen LogP contribution in [-0.2, 0) is 14.8 Å². The lowest BCUT2D eigenvalue weighted by molar-refractivity contribution is -0.121. The van der Waals surface area contributed by atoms with Crippen molar-refractivity contribution in [3.63, 3.8) is 0 Å². The highest BCUT2D eigenvalue weighted by Crippen LogP contribution is 2.30. The van der Waals surface area contributed by atoms with E-state index in [9.17, 15) is 13.2 Å². The van der Waals surface area contributed by atoms with Crippen LogP contribution in [0.3, 0.4) is 0 Å². The molecule has 0 bridgehead atoms. The first-order valence-corrected chi connectivity index (χ1v) is 11.0. The Labute approximate surface area is 179 Å². The second-order valence-electron chi connectivity index (χ2n) is 7.36. The van der Waals surface area contributed by atoms with Gasteiger partial charge in [-0.05, 0) is 62.1 Å². The molecule has 0 aliphatic rings. The maximum atomic E-state index is 12.9. The van der Waals surface area contributed by atoms with Crippen LogP contribution in [-0.4, -0.2) is 46.4 Å². The number of carbonyl (C=O) groups excluding carboxylic acids is 1. The number of rotatable bonds is 8. The highest BCUT2D eigenvalue weighted by molar-refractivity contribution is 7.89. The number of methoxy groups -OCH3 is 2. The molecule has 0 fully saturated rings. The molecule has 164 valence electrons. The molecule has 2 aromatic carbocycles. The molecule has 1 amide bonds. The third kappa shape index (κ3) is 5.12. The van der Waals surface area contributed by atoms with E-state index in [1.165, 1.54) is 45.0 Å². The Morgan fingerprint density at radius 1 is 1.00 bits per heavy atom. The van der Waals surface area contributed by atoms with Crippen LogP contribution in [0, 0.1) is 20.8 Å². The van der Waals surface area contributed by atoms with Gasteiger partial charge in [0.05, 0.1) is 31.7 Å². The Balaban J connectivity index is 2.14. The van der Waals surface area contributed by atoms with Crippen LogP contribution in [0.2, 0.25) is 0 Å². The number of hydrogen-bond acceptors (Lipinski definition) is 5. The van der Waals surface area contributed by atoms with Crippen LogP contribution in [0.25, 0.3) is 0 Å². The average Bonchev–Trinajstić information content (AvgIpc) is 2.69. The third-order valence-electron chi connectivity index (χ3n) is 5.16. The van der Waals surface area contributed by atoms with E-state index in [0.29, 0.717) is 11.5 Å². The molecule has 1 N–H and O–H groups in total. The number of likely N-dealkylation sites (N-methyl/N-ethyl adjacent to an activating group) is 1. The smallest absolute Gasteiger partial charge is 0.243 e. The van der Waals surface area contributed by atoms with Gasteiger partial charge in [0.25, 0.3) is 0 Å². The van der Waals surface area contributed by atoms with E-state index >= 15 is 0 Å². The normalized spacial score (nSPS) is 12.5. The molecule has 8 heteroatoms. The van der Waals surface area contributed by atoms with Gasteiger partial charge in [-0.1, -0.05) is 12.1 Å². The lowest BCUT2D eigenvalue weighted by Gasteiger charge is -2.21. The summed E-state index contributed by atoms with van der Waals surface area (Å²) in [7, 11) is 0.402. The van der Waals surface area contributed by atoms with Crippen LogP contribution in [0.1, 0.15) is 35.2 Å². The number of aryl methyl sites for hydroxylation is 3. The molecular formula is C22H30N2O5S. The predicted octanol–water partition coefficient (Wildman–Crippen LogP) is 3.13. The number of nitrogens with one attached hydrogen (secondary N) is 1. The lowest BCUT2D eigenvalue weighted by atomic mass is 9.96.